The van der Waals surface area contributed by atoms with Gasteiger partial charge in [0.2, 0.25) is 0 Å². The Kier molecular flexibility index (Phi) is 5.47. The molecule has 0 radical (unpaired) electrons. The second kappa shape index (κ2) is 7.77. The van der Waals surface area contributed by atoms with E-state index in [1.54, 1.807) is 29.8 Å². The van der Waals surface area contributed by atoms with Crippen molar-refractivity contribution in [3.05, 3.63) is 46.2 Å². The SMILES string of the molecule is COc1ccc(Cl)cc1NC(=O)c1csc2cnc(CCCN)nc12. The van der Waals surface area contributed by atoms with Crippen LogP contribution in [0.3, 0.4) is 0 Å². The Morgan fingerprint density at radius 3 is 3.04 bits per heavy atom. The average Bonchev–Trinajstić information content (AvgIpc) is 3.03. The smallest absolute Gasteiger partial charge is 0.258 e. The molecule has 8 heteroatoms. The number of rotatable bonds is 6. The molecule has 0 spiro atoms. The molecule has 6 nitrogen and oxygen atoms in total. The fourth-order valence-electron chi connectivity index (χ4n) is 2.37. The van der Waals surface area contributed by atoms with Crippen molar-refractivity contribution in [1.82, 2.24) is 9.97 Å². The molecule has 0 bridgehead atoms. The Morgan fingerprint density at radius 2 is 2.28 bits per heavy atom. The van der Waals surface area contributed by atoms with Crippen molar-refractivity contribution < 1.29 is 9.53 Å². The van der Waals surface area contributed by atoms with Crippen LogP contribution in [0, 0.1) is 0 Å². The van der Waals surface area contributed by atoms with Gasteiger partial charge in [-0.3, -0.25) is 4.79 Å². The topological polar surface area (TPSA) is 90.1 Å². The number of hydrogen-bond donors (Lipinski definition) is 2. The Hall–Kier alpha value is -2.22. The summed E-state index contributed by atoms with van der Waals surface area (Å²) in [5.41, 5.74) is 7.19. The highest BCUT2D eigenvalue weighted by molar-refractivity contribution is 7.17. The van der Waals surface area contributed by atoms with Gasteiger partial charge < -0.3 is 15.8 Å². The quantitative estimate of drug-likeness (QED) is 0.687. The number of carbonyl (C=O) groups excluding carboxylic acids is 1. The molecule has 2 aromatic heterocycles. The van der Waals surface area contributed by atoms with E-state index >= 15 is 0 Å². The number of ether oxygens (including phenoxy) is 1. The summed E-state index contributed by atoms with van der Waals surface area (Å²) in [5, 5.41) is 5.13. The molecule has 2 heterocycles. The van der Waals surface area contributed by atoms with Gasteiger partial charge in [0.1, 0.15) is 11.6 Å². The van der Waals surface area contributed by atoms with Gasteiger partial charge >= 0.3 is 0 Å². The van der Waals surface area contributed by atoms with Crippen LogP contribution in [0.2, 0.25) is 5.02 Å². The number of nitrogens with two attached hydrogens (primary N) is 1. The zero-order chi connectivity index (χ0) is 17.8. The van der Waals surface area contributed by atoms with Crippen LogP contribution in [0.25, 0.3) is 10.2 Å². The number of anilines is 1. The zero-order valence-electron chi connectivity index (χ0n) is 13.6. The molecule has 1 amide bonds. The van der Waals surface area contributed by atoms with E-state index in [1.807, 2.05) is 0 Å². The summed E-state index contributed by atoms with van der Waals surface area (Å²) in [5.74, 6) is 0.955. The van der Waals surface area contributed by atoms with Crippen molar-refractivity contribution >= 4 is 44.7 Å². The number of aromatic nitrogens is 2. The van der Waals surface area contributed by atoms with Crippen LogP contribution in [-0.4, -0.2) is 29.5 Å². The van der Waals surface area contributed by atoms with Gasteiger partial charge in [0.25, 0.3) is 5.91 Å². The van der Waals surface area contributed by atoms with Crippen LogP contribution in [0.15, 0.2) is 29.8 Å². The molecule has 3 rings (SSSR count). The number of thiophene rings is 1. The molecule has 0 aliphatic carbocycles. The number of nitrogens with one attached hydrogen (secondary N) is 1. The van der Waals surface area contributed by atoms with Crippen LogP contribution in [0.1, 0.15) is 22.6 Å². The van der Waals surface area contributed by atoms with Crippen molar-refractivity contribution in [2.45, 2.75) is 12.8 Å². The summed E-state index contributed by atoms with van der Waals surface area (Å²) < 4.78 is 6.12. The van der Waals surface area contributed by atoms with Crippen LogP contribution >= 0.6 is 22.9 Å². The third kappa shape index (κ3) is 3.89. The highest BCUT2D eigenvalue weighted by Gasteiger charge is 2.16. The molecule has 25 heavy (non-hydrogen) atoms. The van der Waals surface area contributed by atoms with Crippen LogP contribution in [-0.2, 0) is 6.42 Å². The van der Waals surface area contributed by atoms with E-state index in [2.05, 4.69) is 15.3 Å². The molecule has 3 aromatic rings. The lowest BCUT2D eigenvalue weighted by atomic mass is 10.2. The monoisotopic (exact) mass is 376 g/mol. The first-order valence-corrected chi connectivity index (χ1v) is 8.96. The van der Waals surface area contributed by atoms with Crippen LogP contribution in [0.5, 0.6) is 5.75 Å². The molecule has 3 N–H and O–H groups in total. The van der Waals surface area contributed by atoms with Gasteiger partial charge in [-0.2, -0.15) is 0 Å². The summed E-state index contributed by atoms with van der Waals surface area (Å²) >= 11 is 7.44. The molecular weight excluding hydrogens is 360 g/mol. The maximum Gasteiger partial charge on any atom is 0.258 e. The number of halogens is 1. The second-order valence-electron chi connectivity index (χ2n) is 5.34. The minimum Gasteiger partial charge on any atom is -0.495 e. The van der Waals surface area contributed by atoms with E-state index in [0.29, 0.717) is 46.3 Å². The third-order valence-electron chi connectivity index (χ3n) is 3.62. The van der Waals surface area contributed by atoms with Gasteiger partial charge in [-0.05, 0) is 31.2 Å². The minimum absolute atomic E-state index is 0.268. The number of fused-ring (bicyclic) bond motifs is 1. The molecule has 0 aliphatic rings. The first kappa shape index (κ1) is 17.6. The van der Waals surface area contributed by atoms with E-state index < -0.39 is 0 Å². The summed E-state index contributed by atoms with van der Waals surface area (Å²) in [6.45, 7) is 0.576. The van der Waals surface area contributed by atoms with E-state index in [-0.39, 0.29) is 5.91 Å². The summed E-state index contributed by atoms with van der Waals surface area (Å²) in [7, 11) is 1.54. The standard InChI is InChI=1S/C17H17ClN4O2S/c1-24-13-5-4-10(18)7-12(13)21-17(23)11-9-25-14-8-20-15(3-2-6-19)22-16(11)14/h4-5,7-9H,2-3,6,19H2,1H3,(H,21,23). The number of carbonyl (C=O) groups is 1. The average molecular weight is 377 g/mol. The first-order valence-electron chi connectivity index (χ1n) is 7.70. The van der Waals surface area contributed by atoms with Crippen LogP contribution < -0.4 is 15.8 Å². The van der Waals surface area contributed by atoms with Gasteiger partial charge in [0.05, 0.1) is 28.6 Å². The third-order valence-corrected chi connectivity index (χ3v) is 4.76. The van der Waals surface area contributed by atoms with Crippen molar-refractivity contribution in [1.29, 1.82) is 0 Å². The number of methoxy groups -OCH3 is 1. The van der Waals surface area contributed by atoms with Crippen LogP contribution in [0.4, 0.5) is 5.69 Å². The Bertz CT molecular complexity index is 913. The van der Waals surface area contributed by atoms with E-state index in [1.165, 1.54) is 18.4 Å². The van der Waals surface area contributed by atoms with Gasteiger partial charge in [-0.1, -0.05) is 11.6 Å². The lowest BCUT2D eigenvalue weighted by Gasteiger charge is -2.10. The summed E-state index contributed by atoms with van der Waals surface area (Å²) in [4.78, 5) is 21.5. The molecule has 1 aromatic carbocycles. The fourth-order valence-corrected chi connectivity index (χ4v) is 3.39. The summed E-state index contributed by atoms with van der Waals surface area (Å²) in [6.07, 6.45) is 3.23. The summed E-state index contributed by atoms with van der Waals surface area (Å²) in [6, 6.07) is 5.05. The molecule has 0 aliphatic heterocycles. The largest absolute Gasteiger partial charge is 0.495 e. The van der Waals surface area contributed by atoms with Gasteiger partial charge in [-0.15, -0.1) is 11.3 Å². The van der Waals surface area contributed by atoms with E-state index in [4.69, 9.17) is 22.1 Å². The lowest BCUT2D eigenvalue weighted by Crippen LogP contribution is -2.13. The highest BCUT2D eigenvalue weighted by Crippen LogP contribution is 2.30. The Balaban J connectivity index is 1.90. The molecule has 0 saturated heterocycles. The Labute approximate surface area is 154 Å². The maximum atomic E-state index is 12.7. The first-order chi connectivity index (χ1) is 12.1. The fraction of sp³-hybridized carbons (Fsp3) is 0.235. The predicted octanol–water partition coefficient (Wildman–Crippen LogP) is 3.50. The normalized spacial score (nSPS) is 10.8. The number of aryl methyl sites for hydroxylation is 1. The van der Waals surface area contributed by atoms with Gasteiger partial charge in [-0.25, -0.2) is 9.97 Å². The lowest BCUT2D eigenvalue weighted by molar-refractivity contribution is 0.102. The second-order valence-corrected chi connectivity index (χ2v) is 6.69. The van der Waals surface area contributed by atoms with Gasteiger partial charge in [0.15, 0.2) is 0 Å². The minimum atomic E-state index is -0.268. The number of amides is 1. The number of nitrogens with zero attached hydrogens (tertiary/aromatic N) is 2. The number of hydrogen-bond acceptors (Lipinski definition) is 6. The van der Waals surface area contributed by atoms with Crippen molar-refractivity contribution in [3.8, 4) is 5.75 Å². The maximum absolute atomic E-state index is 12.7. The molecule has 0 atom stereocenters. The van der Waals surface area contributed by atoms with Crippen molar-refractivity contribution in [2.24, 2.45) is 5.73 Å². The predicted molar refractivity (Wildman–Crippen MR) is 101 cm³/mol. The zero-order valence-corrected chi connectivity index (χ0v) is 15.2. The molecule has 0 fully saturated rings. The van der Waals surface area contributed by atoms with E-state index in [9.17, 15) is 4.79 Å². The molecular formula is C17H17ClN4O2S. The van der Waals surface area contributed by atoms with Gasteiger partial charge in [0, 0.05) is 23.0 Å². The Morgan fingerprint density at radius 1 is 1.44 bits per heavy atom. The molecule has 130 valence electrons. The molecule has 0 saturated carbocycles. The number of benzene rings is 1. The van der Waals surface area contributed by atoms with E-state index in [0.717, 1.165) is 11.1 Å². The molecule has 0 unspecified atom stereocenters. The van der Waals surface area contributed by atoms with Crippen molar-refractivity contribution in [2.75, 3.05) is 19.0 Å². The highest BCUT2D eigenvalue weighted by atomic mass is 35.5. The van der Waals surface area contributed by atoms with Crippen molar-refractivity contribution in [3.63, 3.8) is 0 Å².